The van der Waals surface area contributed by atoms with Crippen molar-refractivity contribution in [3.05, 3.63) is 21.4 Å². The van der Waals surface area contributed by atoms with E-state index in [-0.39, 0.29) is 0 Å². The molecule has 20 heavy (non-hydrogen) atoms. The Bertz CT molecular complexity index is 429. The van der Waals surface area contributed by atoms with E-state index in [0.29, 0.717) is 6.54 Å². The van der Waals surface area contributed by atoms with Crippen LogP contribution < -0.4 is 5.73 Å². The van der Waals surface area contributed by atoms with Gasteiger partial charge in [-0.2, -0.15) is 0 Å². The molecule has 0 atom stereocenters. The summed E-state index contributed by atoms with van der Waals surface area (Å²) in [6, 6.07) is 3.20. The average Bonchev–Trinajstić information content (AvgIpc) is 3.10. The molecule has 1 aliphatic carbocycles. The fourth-order valence-electron chi connectivity index (χ4n) is 3.64. The first-order chi connectivity index (χ1) is 9.76. The van der Waals surface area contributed by atoms with Gasteiger partial charge in [-0.15, -0.1) is 11.3 Å². The van der Waals surface area contributed by atoms with E-state index in [2.05, 4.69) is 22.8 Å². The predicted molar refractivity (Wildman–Crippen MR) is 86.1 cm³/mol. The Morgan fingerprint density at radius 2 is 1.90 bits per heavy atom. The number of piperazine rings is 1. The van der Waals surface area contributed by atoms with Gasteiger partial charge in [-0.1, -0.05) is 12.8 Å². The SMILES string of the molecule is Cc1sc(CN)cc1CN1CCN(C2CCCC2)CC1. The van der Waals surface area contributed by atoms with Crippen LogP contribution in [0, 0.1) is 6.92 Å². The highest BCUT2D eigenvalue weighted by Gasteiger charge is 2.26. The maximum Gasteiger partial charge on any atom is 0.0274 e. The van der Waals surface area contributed by atoms with Gasteiger partial charge in [0.15, 0.2) is 0 Å². The minimum absolute atomic E-state index is 0.682. The second-order valence-electron chi connectivity index (χ2n) is 6.25. The standard InChI is InChI=1S/C16H27N3S/c1-13-14(10-16(11-17)20-13)12-18-6-8-19(9-7-18)15-4-2-3-5-15/h10,15H,2-9,11-12,17H2,1H3. The molecular formula is C16H27N3S. The Morgan fingerprint density at radius 3 is 2.50 bits per heavy atom. The maximum atomic E-state index is 5.74. The molecule has 0 spiro atoms. The van der Waals surface area contributed by atoms with Crippen LogP contribution in [-0.4, -0.2) is 42.0 Å². The quantitative estimate of drug-likeness (QED) is 0.926. The molecule has 0 bridgehead atoms. The van der Waals surface area contributed by atoms with Gasteiger partial charge in [-0.05, 0) is 31.4 Å². The van der Waals surface area contributed by atoms with Crippen molar-refractivity contribution in [1.82, 2.24) is 9.80 Å². The molecule has 2 fully saturated rings. The summed E-state index contributed by atoms with van der Waals surface area (Å²) < 4.78 is 0. The molecule has 1 saturated heterocycles. The lowest BCUT2D eigenvalue weighted by atomic mass is 10.1. The molecule has 4 heteroatoms. The number of thiophene rings is 1. The van der Waals surface area contributed by atoms with Crippen molar-refractivity contribution >= 4 is 11.3 Å². The van der Waals surface area contributed by atoms with Crippen LogP contribution in [0.15, 0.2) is 6.07 Å². The summed E-state index contributed by atoms with van der Waals surface area (Å²) in [6.07, 6.45) is 5.76. The first kappa shape index (κ1) is 14.5. The molecule has 2 N–H and O–H groups in total. The van der Waals surface area contributed by atoms with Crippen LogP contribution in [0.2, 0.25) is 0 Å². The zero-order chi connectivity index (χ0) is 13.9. The van der Waals surface area contributed by atoms with E-state index in [1.165, 1.54) is 67.2 Å². The number of hydrogen-bond acceptors (Lipinski definition) is 4. The van der Waals surface area contributed by atoms with Crippen molar-refractivity contribution in [2.75, 3.05) is 26.2 Å². The van der Waals surface area contributed by atoms with Crippen LogP contribution in [0.25, 0.3) is 0 Å². The van der Waals surface area contributed by atoms with Crippen LogP contribution >= 0.6 is 11.3 Å². The van der Waals surface area contributed by atoms with E-state index in [1.54, 1.807) is 0 Å². The van der Waals surface area contributed by atoms with Crippen molar-refractivity contribution in [2.45, 2.75) is 51.7 Å². The smallest absolute Gasteiger partial charge is 0.0274 e. The Labute approximate surface area is 126 Å². The first-order valence-electron chi connectivity index (χ1n) is 8.01. The summed E-state index contributed by atoms with van der Waals surface area (Å²) in [5.74, 6) is 0. The topological polar surface area (TPSA) is 32.5 Å². The van der Waals surface area contributed by atoms with Gasteiger partial charge in [0.1, 0.15) is 0 Å². The number of nitrogens with two attached hydrogens (primary N) is 1. The van der Waals surface area contributed by atoms with Gasteiger partial charge in [-0.3, -0.25) is 9.80 Å². The van der Waals surface area contributed by atoms with E-state index in [1.807, 2.05) is 11.3 Å². The Kier molecular flexibility index (Phi) is 4.76. The summed E-state index contributed by atoms with van der Waals surface area (Å²) in [5.41, 5.74) is 7.23. The van der Waals surface area contributed by atoms with Crippen molar-refractivity contribution in [3.63, 3.8) is 0 Å². The molecule has 0 aromatic carbocycles. The second kappa shape index (κ2) is 6.56. The Morgan fingerprint density at radius 1 is 1.20 bits per heavy atom. The molecule has 112 valence electrons. The molecule has 0 radical (unpaired) electrons. The zero-order valence-corrected chi connectivity index (χ0v) is 13.4. The van der Waals surface area contributed by atoms with Crippen LogP contribution in [0.1, 0.15) is 41.0 Å². The van der Waals surface area contributed by atoms with Crippen molar-refractivity contribution in [2.24, 2.45) is 5.73 Å². The summed E-state index contributed by atoms with van der Waals surface area (Å²) >= 11 is 1.86. The Hall–Kier alpha value is -0.420. The van der Waals surface area contributed by atoms with Crippen LogP contribution in [0.5, 0.6) is 0 Å². The first-order valence-corrected chi connectivity index (χ1v) is 8.82. The van der Waals surface area contributed by atoms with Gasteiger partial charge in [0.2, 0.25) is 0 Å². The molecule has 1 aromatic rings. The molecule has 2 aliphatic rings. The van der Waals surface area contributed by atoms with Crippen molar-refractivity contribution in [1.29, 1.82) is 0 Å². The summed E-state index contributed by atoms with van der Waals surface area (Å²) in [6.45, 7) is 9.00. The average molecular weight is 293 g/mol. The summed E-state index contributed by atoms with van der Waals surface area (Å²) in [7, 11) is 0. The zero-order valence-electron chi connectivity index (χ0n) is 12.6. The highest BCUT2D eigenvalue weighted by Crippen LogP contribution is 2.26. The second-order valence-corrected chi connectivity index (χ2v) is 7.59. The molecule has 1 saturated carbocycles. The van der Waals surface area contributed by atoms with Crippen LogP contribution in [0.3, 0.4) is 0 Å². The molecule has 2 heterocycles. The van der Waals surface area contributed by atoms with Crippen LogP contribution in [-0.2, 0) is 13.1 Å². The molecule has 0 unspecified atom stereocenters. The van der Waals surface area contributed by atoms with E-state index >= 15 is 0 Å². The molecule has 3 rings (SSSR count). The molecule has 1 aromatic heterocycles. The van der Waals surface area contributed by atoms with Crippen LogP contribution in [0.4, 0.5) is 0 Å². The van der Waals surface area contributed by atoms with Gasteiger partial charge in [0, 0.05) is 55.1 Å². The van der Waals surface area contributed by atoms with Crippen molar-refractivity contribution < 1.29 is 0 Å². The molecule has 3 nitrogen and oxygen atoms in total. The molecule has 1 aliphatic heterocycles. The number of rotatable bonds is 4. The summed E-state index contributed by atoms with van der Waals surface area (Å²) in [5, 5.41) is 0. The number of hydrogen-bond donors (Lipinski definition) is 1. The van der Waals surface area contributed by atoms with Gasteiger partial charge < -0.3 is 5.73 Å². The minimum atomic E-state index is 0.682. The highest BCUT2D eigenvalue weighted by atomic mass is 32.1. The lowest BCUT2D eigenvalue weighted by molar-refractivity contribution is 0.0937. The van der Waals surface area contributed by atoms with Gasteiger partial charge in [0.25, 0.3) is 0 Å². The van der Waals surface area contributed by atoms with Crippen molar-refractivity contribution in [3.8, 4) is 0 Å². The normalized spacial score (nSPS) is 22.7. The number of nitrogens with zero attached hydrogens (tertiary/aromatic N) is 2. The third kappa shape index (κ3) is 3.25. The summed E-state index contributed by atoms with van der Waals surface area (Å²) in [4.78, 5) is 8.11. The Balaban J connectivity index is 1.51. The largest absolute Gasteiger partial charge is 0.326 e. The predicted octanol–water partition coefficient (Wildman–Crippen LogP) is 2.58. The molecular weight excluding hydrogens is 266 g/mol. The fourth-order valence-corrected chi connectivity index (χ4v) is 4.57. The van der Waals surface area contributed by atoms with Gasteiger partial charge in [-0.25, -0.2) is 0 Å². The monoisotopic (exact) mass is 293 g/mol. The van der Waals surface area contributed by atoms with E-state index in [0.717, 1.165) is 12.6 Å². The van der Waals surface area contributed by atoms with E-state index < -0.39 is 0 Å². The lowest BCUT2D eigenvalue weighted by Crippen LogP contribution is -2.49. The lowest BCUT2D eigenvalue weighted by Gasteiger charge is -2.38. The van der Waals surface area contributed by atoms with E-state index in [9.17, 15) is 0 Å². The highest BCUT2D eigenvalue weighted by molar-refractivity contribution is 7.12. The minimum Gasteiger partial charge on any atom is -0.326 e. The maximum absolute atomic E-state index is 5.74. The molecule has 0 amide bonds. The fraction of sp³-hybridized carbons (Fsp3) is 0.750. The van der Waals surface area contributed by atoms with E-state index in [4.69, 9.17) is 5.73 Å². The number of aryl methyl sites for hydroxylation is 1. The van der Waals surface area contributed by atoms with Gasteiger partial charge >= 0.3 is 0 Å². The third-order valence-corrected chi connectivity index (χ3v) is 6.03. The van der Waals surface area contributed by atoms with Gasteiger partial charge in [0.05, 0.1) is 0 Å². The third-order valence-electron chi connectivity index (χ3n) is 4.91.